The number of carbonyl (C=O) groups excluding carboxylic acids is 1. The van der Waals surface area contributed by atoms with Gasteiger partial charge in [-0.1, -0.05) is 71.7 Å². The molecular weight excluding hydrogens is 395 g/mol. The maximum atomic E-state index is 12.2. The van der Waals surface area contributed by atoms with Crippen LogP contribution in [0.1, 0.15) is 11.1 Å². The smallest absolute Gasteiger partial charge is 0.348 e. The number of hydrogen-bond acceptors (Lipinski definition) is 3. The topological polar surface area (TPSA) is 46.5 Å². The Morgan fingerprint density at radius 2 is 1.18 bits per heavy atom. The number of aliphatic hydroxyl groups excluding tert-OH is 1. The predicted octanol–water partition coefficient (Wildman–Crippen LogP) is 6.53. The number of benzene rings is 3. The highest BCUT2D eigenvalue weighted by molar-refractivity contribution is 6.31. The highest BCUT2D eigenvalue weighted by Gasteiger charge is 2.31. The number of hydrogen-bond donors (Lipinski definition) is 1. The van der Waals surface area contributed by atoms with Crippen molar-refractivity contribution >= 4 is 40.8 Å². The number of esters is 1. The van der Waals surface area contributed by atoms with Crippen LogP contribution in [0.2, 0.25) is 10.0 Å². The summed E-state index contributed by atoms with van der Waals surface area (Å²) in [5.41, 5.74) is 3.55. The van der Waals surface area contributed by atoms with Crippen molar-refractivity contribution in [3.8, 4) is 11.1 Å². The Morgan fingerprint density at radius 1 is 0.714 bits per heavy atom. The lowest BCUT2D eigenvalue weighted by Gasteiger charge is -2.03. The lowest BCUT2D eigenvalue weighted by atomic mass is 10.0. The zero-order valence-corrected chi connectivity index (χ0v) is 16.0. The van der Waals surface area contributed by atoms with Gasteiger partial charge in [0.1, 0.15) is 5.57 Å². The second-order valence-electron chi connectivity index (χ2n) is 6.26. The second-order valence-corrected chi connectivity index (χ2v) is 7.13. The summed E-state index contributed by atoms with van der Waals surface area (Å²) in [7, 11) is 0. The molecule has 0 spiro atoms. The van der Waals surface area contributed by atoms with E-state index < -0.39 is 5.97 Å². The van der Waals surface area contributed by atoms with Crippen LogP contribution in [0.25, 0.3) is 22.8 Å². The molecule has 1 aliphatic rings. The van der Waals surface area contributed by atoms with Gasteiger partial charge in [-0.15, -0.1) is 0 Å². The molecule has 1 N–H and O–H groups in total. The molecule has 0 fully saturated rings. The SMILES string of the molecule is O=C1O/C(=C\c2ccc(-c3ccc(Cl)cc3)cc2)C(O)=C1c1ccc(Cl)cc1. The summed E-state index contributed by atoms with van der Waals surface area (Å²) < 4.78 is 5.25. The van der Waals surface area contributed by atoms with E-state index in [1.165, 1.54) is 0 Å². The average molecular weight is 409 g/mol. The van der Waals surface area contributed by atoms with Crippen LogP contribution in [0, 0.1) is 0 Å². The first-order valence-corrected chi connectivity index (χ1v) is 9.26. The Bertz CT molecular complexity index is 1090. The van der Waals surface area contributed by atoms with Crippen LogP contribution in [0.5, 0.6) is 0 Å². The summed E-state index contributed by atoms with van der Waals surface area (Å²) in [6.07, 6.45) is 1.63. The largest absolute Gasteiger partial charge is 0.504 e. The molecule has 5 heteroatoms. The average Bonchev–Trinajstić information content (AvgIpc) is 2.97. The van der Waals surface area contributed by atoms with Gasteiger partial charge >= 0.3 is 5.97 Å². The summed E-state index contributed by atoms with van der Waals surface area (Å²) in [4.78, 5) is 12.2. The first kappa shape index (κ1) is 18.4. The van der Waals surface area contributed by atoms with E-state index in [4.69, 9.17) is 27.9 Å². The molecule has 0 amide bonds. The molecule has 4 rings (SSSR count). The molecule has 3 nitrogen and oxygen atoms in total. The molecule has 0 aromatic heterocycles. The monoisotopic (exact) mass is 408 g/mol. The van der Waals surface area contributed by atoms with Gasteiger partial charge in [0, 0.05) is 10.0 Å². The van der Waals surface area contributed by atoms with Gasteiger partial charge in [0.2, 0.25) is 0 Å². The molecule has 0 radical (unpaired) electrons. The van der Waals surface area contributed by atoms with Crippen LogP contribution in [0.3, 0.4) is 0 Å². The van der Waals surface area contributed by atoms with Crippen molar-refractivity contribution in [2.45, 2.75) is 0 Å². The van der Waals surface area contributed by atoms with Crippen molar-refractivity contribution in [3.63, 3.8) is 0 Å². The summed E-state index contributed by atoms with van der Waals surface area (Å²) in [6.45, 7) is 0. The highest BCUT2D eigenvalue weighted by Crippen LogP contribution is 2.33. The number of carbonyl (C=O) groups is 1. The lowest BCUT2D eigenvalue weighted by Crippen LogP contribution is -1.98. The Kier molecular flexibility index (Phi) is 4.95. The molecule has 3 aromatic rings. The molecule has 3 aromatic carbocycles. The fourth-order valence-electron chi connectivity index (χ4n) is 2.95. The summed E-state index contributed by atoms with van der Waals surface area (Å²) in [5.74, 6) is -0.660. The molecule has 0 bridgehead atoms. The maximum absolute atomic E-state index is 12.2. The fourth-order valence-corrected chi connectivity index (χ4v) is 3.21. The number of rotatable bonds is 3. The molecule has 1 heterocycles. The van der Waals surface area contributed by atoms with E-state index in [0.717, 1.165) is 16.7 Å². The molecule has 0 saturated carbocycles. The van der Waals surface area contributed by atoms with E-state index in [1.807, 2.05) is 48.5 Å². The van der Waals surface area contributed by atoms with Crippen LogP contribution in [-0.4, -0.2) is 11.1 Å². The van der Waals surface area contributed by atoms with Crippen LogP contribution >= 0.6 is 23.2 Å². The zero-order chi connectivity index (χ0) is 19.7. The molecule has 28 heavy (non-hydrogen) atoms. The first-order chi connectivity index (χ1) is 13.5. The number of cyclic esters (lactones) is 1. The Labute approximate surface area is 172 Å². The molecule has 0 saturated heterocycles. The third-order valence-electron chi connectivity index (χ3n) is 4.40. The molecular formula is C23H14Cl2O3. The molecule has 0 aliphatic carbocycles. The summed E-state index contributed by atoms with van der Waals surface area (Å²) >= 11 is 11.8. The number of ether oxygens (including phenoxy) is 1. The van der Waals surface area contributed by atoms with Gasteiger partial charge in [-0.25, -0.2) is 4.79 Å². The van der Waals surface area contributed by atoms with Crippen LogP contribution < -0.4 is 0 Å². The predicted molar refractivity (Wildman–Crippen MR) is 112 cm³/mol. The van der Waals surface area contributed by atoms with E-state index in [0.29, 0.717) is 15.6 Å². The second kappa shape index (κ2) is 7.55. The van der Waals surface area contributed by atoms with Crippen molar-refractivity contribution < 1.29 is 14.6 Å². The maximum Gasteiger partial charge on any atom is 0.348 e. The molecule has 138 valence electrons. The third-order valence-corrected chi connectivity index (χ3v) is 4.90. The van der Waals surface area contributed by atoms with Gasteiger partial charge in [0.25, 0.3) is 0 Å². The third kappa shape index (κ3) is 3.68. The lowest BCUT2D eigenvalue weighted by molar-refractivity contribution is -0.131. The van der Waals surface area contributed by atoms with E-state index in [2.05, 4.69) is 0 Å². The molecule has 1 aliphatic heterocycles. The normalized spacial score (nSPS) is 15.2. The Morgan fingerprint density at radius 3 is 1.71 bits per heavy atom. The van der Waals surface area contributed by atoms with Crippen LogP contribution in [-0.2, 0) is 9.53 Å². The van der Waals surface area contributed by atoms with Crippen molar-refractivity contribution in [3.05, 3.63) is 105 Å². The Balaban J connectivity index is 1.63. The van der Waals surface area contributed by atoms with Crippen LogP contribution in [0.4, 0.5) is 0 Å². The minimum Gasteiger partial charge on any atom is -0.504 e. The van der Waals surface area contributed by atoms with Gasteiger partial charge in [0.05, 0.1) is 0 Å². The Hall–Kier alpha value is -3.01. The van der Waals surface area contributed by atoms with Crippen molar-refractivity contribution in [1.82, 2.24) is 0 Å². The van der Waals surface area contributed by atoms with Crippen molar-refractivity contribution in [2.24, 2.45) is 0 Å². The number of aliphatic hydroxyl groups is 1. The van der Waals surface area contributed by atoms with Gasteiger partial charge in [-0.2, -0.15) is 0 Å². The summed E-state index contributed by atoms with van der Waals surface area (Å²) in [5, 5.41) is 11.7. The van der Waals surface area contributed by atoms with E-state index in [9.17, 15) is 9.90 Å². The van der Waals surface area contributed by atoms with Crippen molar-refractivity contribution in [1.29, 1.82) is 0 Å². The fraction of sp³-hybridized carbons (Fsp3) is 0. The minimum absolute atomic E-state index is 0.120. The highest BCUT2D eigenvalue weighted by atomic mass is 35.5. The van der Waals surface area contributed by atoms with Gasteiger partial charge in [0.15, 0.2) is 11.5 Å². The van der Waals surface area contributed by atoms with E-state index in [1.54, 1.807) is 30.3 Å². The zero-order valence-electron chi connectivity index (χ0n) is 14.5. The van der Waals surface area contributed by atoms with E-state index in [-0.39, 0.29) is 17.1 Å². The first-order valence-electron chi connectivity index (χ1n) is 8.51. The van der Waals surface area contributed by atoms with Crippen LogP contribution in [0.15, 0.2) is 84.3 Å². The van der Waals surface area contributed by atoms with Gasteiger partial charge < -0.3 is 9.84 Å². The van der Waals surface area contributed by atoms with E-state index >= 15 is 0 Å². The quantitative estimate of drug-likeness (QED) is 0.501. The minimum atomic E-state index is -0.594. The molecule has 0 atom stereocenters. The summed E-state index contributed by atoms with van der Waals surface area (Å²) in [6, 6.07) is 21.9. The van der Waals surface area contributed by atoms with Crippen molar-refractivity contribution in [2.75, 3.05) is 0 Å². The van der Waals surface area contributed by atoms with Gasteiger partial charge in [-0.05, 0) is 52.6 Å². The molecule has 0 unspecified atom stereocenters. The van der Waals surface area contributed by atoms with Gasteiger partial charge in [-0.3, -0.25) is 0 Å². The standard InChI is InChI=1S/C23H14Cl2O3/c24-18-9-5-16(6-10-18)15-3-1-14(2-4-15)13-20-22(26)21(23(27)28-20)17-7-11-19(25)12-8-17/h1-13,26H/b20-13-. The number of halogens is 2.